The molecule has 8 heteroatoms. The molecule has 1 N–H and O–H groups in total. The summed E-state index contributed by atoms with van der Waals surface area (Å²) in [7, 11) is 0. The number of aryl methyl sites for hydroxylation is 2. The van der Waals surface area contributed by atoms with Crippen LogP contribution in [0.4, 0.5) is 17.1 Å². The average molecular weight is 397 g/mol. The molecule has 0 bridgehead atoms. The van der Waals surface area contributed by atoms with Crippen molar-refractivity contribution in [1.29, 1.82) is 0 Å². The molecule has 0 spiro atoms. The summed E-state index contributed by atoms with van der Waals surface area (Å²) in [5, 5.41) is 14.2. The number of carbonyl (C=O) groups is 2. The first kappa shape index (κ1) is 20.3. The van der Waals surface area contributed by atoms with Crippen LogP contribution >= 0.6 is 0 Å². The molecule has 2 aromatic rings. The van der Waals surface area contributed by atoms with E-state index in [0.29, 0.717) is 11.4 Å². The number of hydrogen-bond donors (Lipinski definition) is 1. The normalized spacial score (nSPS) is 13.2. The fourth-order valence-electron chi connectivity index (χ4n) is 3.42. The van der Waals surface area contributed by atoms with Gasteiger partial charge in [-0.3, -0.25) is 14.9 Å². The zero-order valence-electron chi connectivity index (χ0n) is 16.4. The third-order valence-corrected chi connectivity index (χ3v) is 4.93. The first-order chi connectivity index (χ1) is 13.9. The number of benzene rings is 2. The molecular weight excluding hydrogens is 374 g/mol. The number of para-hydroxylation sites is 1. The molecule has 0 aromatic heterocycles. The first-order valence-corrected chi connectivity index (χ1v) is 9.43. The number of amides is 1. The predicted molar refractivity (Wildman–Crippen MR) is 109 cm³/mol. The number of nitrogens with one attached hydrogen (secondary N) is 1. The summed E-state index contributed by atoms with van der Waals surface area (Å²) in [5.74, 6) is -1.25. The van der Waals surface area contributed by atoms with E-state index in [1.807, 2.05) is 36.9 Å². The summed E-state index contributed by atoms with van der Waals surface area (Å²) in [5.41, 5.74) is 2.88. The van der Waals surface area contributed by atoms with Crippen LogP contribution in [0.2, 0.25) is 0 Å². The van der Waals surface area contributed by atoms with Crippen LogP contribution < -0.4 is 10.2 Å². The summed E-state index contributed by atoms with van der Waals surface area (Å²) in [6.07, 6.45) is 1.97. The monoisotopic (exact) mass is 397 g/mol. The van der Waals surface area contributed by atoms with Gasteiger partial charge in [0.05, 0.1) is 10.5 Å². The van der Waals surface area contributed by atoms with E-state index in [0.717, 1.165) is 37.1 Å². The first-order valence-electron chi connectivity index (χ1n) is 9.43. The van der Waals surface area contributed by atoms with E-state index in [9.17, 15) is 19.7 Å². The molecular formula is C21H23N3O5. The molecule has 1 aliphatic rings. The van der Waals surface area contributed by atoms with Crippen molar-refractivity contribution in [2.75, 3.05) is 29.9 Å². The van der Waals surface area contributed by atoms with Gasteiger partial charge in [0.2, 0.25) is 0 Å². The summed E-state index contributed by atoms with van der Waals surface area (Å²) >= 11 is 0. The number of carbonyl (C=O) groups excluding carboxylic acids is 2. The van der Waals surface area contributed by atoms with Crippen molar-refractivity contribution in [2.24, 2.45) is 0 Å². The molecule has 0 unspecified atom stereocenters. The number of hydrogen-bond acceptors (Lipinski definition) is 6. The Labute approximate surface area is 168 Å². The van der Waals surface area contributed by atoms with Crippen molar-refractivity contribution in [3.8, 4) is 0 Å². The van der Waals surface area contributed by atoms with Gasteiger partial charge < -0.3 is 15.0 Å². The van der Waals surface area contributed by atoms with E-state index in [2.05, 4.69) is 5.32 Å². The number of esters is 1. The van der Waals surface area contributed by atoms with Gasteiger partial charge >= 0.3 is 5.97 Å². The molecule has 3 rings (SSSR count). The minimum atomic E-state index is -0.780. The molecule has 1 fully saturated rings. The van der Waals surface area contributed by atoms with Crippen molar-refractivity contribution in [1.82, 2.24) is 0 Å². The molecule has 1 heterocycles. The Kier molecular flexibility index (Phi) is 6.11. The maximum atomic E-state index is 12.3. The number of anilines is 2. The van der Waals surface area contributed by atoms with Crippen LogP contribution in [0, 0.1) is 24.0 Å². The van der Waals surface area contributed by atoms with Gasteiger partial charge in [0.15, 0.2) is 6.61 Å². The minimum Gasteiger partial charge on any atom is -0.452 e. The van der Waals surface area contributed by atoms with E-state index in [-0.39, 0.29) is 11.3 Å². The number of nitro groups is 1. The second-order valence-corrected chi connectivity index (χ2v) is 7.05. The lowest BCUT2D eigenvalue weighted by molar-refractivity contribution is -0.384. The Morgan fingerprint density at radius 1 is 1.14 bits per heavy atom. The Morgan fingerprint density at radius 2 is 1.79 bits per heavy atom. The lowest BCUT2D eigenvalue weighted by atomic mass is 10.1. The van der Waals surface area contributed by atoms with Crippen LogP contribution in [-0.4, -0.2) is 36.5 Å². The van der Waals surface area contributed by atoms with Gasteiger partial charge in [-0.25, -0.2) is 4.79 Å². The molecule has 0 atom stereocenters. The van der Waals surface area contributed by atoms with Crippen molar-refractivity contribution < 1.29 is 19.2 Å². The molecule has 0 aliphatic carbocycles. The van der Waals surface area contributed by atoms with Gasteiger partial charge in [0.1, 0.15) is 5.69 Å². The largest absolute Gasteiger partial charge is 0.452 e. The van der Waals surface area contributed by atoms with Gasteiger partial charge in [0.25, 0.3) is 11.6 Å². The number of nitro benzene ring substituents is 1. The number of nitrogens with zero attached hydrogens (tertiary/aromatic N) is 2. The van der Waals surface area contributed by atoms with Crippen molar-refractivity contribution in [2.45, 2.75) is 26.7 Å². The van der Waals surface area contributed by atoms with Crippen molar-refractivity contribution >= 4 is 28.9 Å². The molecule has 8 nitrogen and oxygen atoms in total. The molecule has 1 amide bonds. The van der Waals surface area contributed by atoms with Crippen LogP contribution in [0.5, 0.6) is 0 Å². The molecule has 1 saturated heterocycles. The Morgan fingerprint density at radius 3 is 2.41 bits per heavy atom. The summed E-state index contributed by atoms with van der Waals surface area (Å²) in [6.45, 7) is 4.77. The highest BCUT2D eigenvalue weighted by Crippen LogP contribution is 2.31. The fourth-order valence-corrected chi connectivity index (χ4v) is 3.42. The average Bonchev–Trinajstić information content (AvgIpc) is 3.23. The third kappa shape index (κ3) is 4.71. The van der Waals surface area contributed by atoms with Crippen molar-refractivity contribution in [3.05, 3.63) is 63.2 Å². The molecule has 0 radical (unpaired) electrons. The van der Waals surface area contributed by atoms with E-state index < -0.39 is 23.4 Å². The summed E-state index contributed by atoms with van der Waals surface area (Å²) < 4.78 is 5.05. The zero-order chi connectivity index (χ0) is 21.0. The van der Waals surface area contributed by atoms with Crippen LogP contribution in [0.3, 0.4) is 0 Å². The van der Waals surface area contributed by atoms with Gasteiger partial charge in [-0.2, -0.15) is 0 Å². The summed E-state index contributed by atoms with van der Waals surface area (Å²) in [6, 6.07) is 9.90. The second-order valence-electron chi connectivity index (χ2n) is 7.05. The smallest absolute Gasteiger partial charge is 0.338 e. The van der Waals surface area contributed by atoms with E-state index >= 15 is 0 Å². The molecule has 0 saturated carbocycles. The standard InChI is InChI=1S/C21H23N3O5/c1-14-6-5-7-15(2)20(14)22-19(25)13-29-21(26)16-8-9-17(18(12-16)24(27)28)23-10-3-4-11-23/h5-9,12H,3-4,10-11,13H2,1-2H3,(H,22,25). The lowest BCUT2D eigenvalue weighted by Gasteiger charge is -2.17. The van der Waals surface area contributed by atoms with Crippen LogP contribution in [0.25, 0.3) is 0 Å². The fraction of sp³-hybridized carbons (Fsp3) is 0.333. The van der Waals surface area contributed by atoms with Crippen LogP contribution in [0.1, 0.15) is 34.3 Å². The SMILES string of the molecule is Cc1cccc(C)c1NC(=O)COC(=O)c1ccc(N2CCCC2)c([N+](=O)[O-])c1. The van der Waals surface area contributed by atoms with Crippen molar-refractivity contribution in [3.63, 3.8) is 0 Å². The van der Waals surface area contributed by atoms with E-state index in [1.54, 1.807) is 6.07 Å². The topological polar surface area (TPSA) is 102 Å². The molecule has 1 aliphatic heterocycles. The Balaban J connectivity index is 1.66. The van der Waals surface area contributed by atoms with E-state index in [4.69, 9.17) is 4.74 Å². The molecule has 2 aromatic carbocycles. The lowest BCUT2D eigenvalue weighted by Crippen LogP contribution is -2.22. The zero-order valence-corrected chi connectivity index (χ0v) is 16.4. The minimum absolute atomic E-state index is 0.0412. The van der Waals surface area contributed by atoms with Crippen LogP contribution in [-0.2, 0) is 9.53 Å². The number of ether oxygens (including phenoxy) is 1. The maximum Gasteiger partial charge on any atom is 0.338 e. The van der Waals surface area contributed by atoms with Gasteiger partial charge in [-0.05, 0) is 49.9 Å². The van der Waals surface area contributed by atoms with Gasteiger partial charge in [-0.1, -0.05) is 18.2 Å². The number of rotatable bonds is 6. The second kappa shape index (κ2) is 8.72. The quantitative estimate of drug-likeness (QED) is 0.454. The van der Waals surface area contributed by atoms with Gasteiger partial charge in [-0.15, -0.1) is 0 Å². The van der Waals surface area contributed by atoms with E-state index in [1.165, 1.54) is 12.1 Å². The highest BCUT2D eigenvalue weighted by Gasteiger charge is 2.24. The highest BCUT2D eigenvalue weighted by molar-refractivity contribution is 5.97. The predicted octanol–water partition coefficient (Wildman–Crippen LogP) is 3.61. The van der Waals surface area contributed by atoms with Gasteiger partial charge in [0, 0.05) is 24.8 Å². The Hall–Kier alpha value is -3.42. The third-order valence-electron chi connectivity index (χ3n) is 4.93. The van der Waals surface area contributed by atoms with Crippen LogP contribution in [0.15, 0.2) is 36.4 Å². The molecule has 152 valence electrons. The Bertz CT molecular complexity index is 931. The molecule has 29 heavy (non-hydrogen) atoms. The maximum absolute atomic E-state index is 12.3. The highest BCUT2D eigenvalue weighted by atomic mass is 16.6. The summed E-state index contributed by atoms with van der Waals surface area (Å²) in [4.78, 5) is 37.3.